The Morgan fingerprint density at radius 3 is 2.81 bits per heavy atom. The van der Waals surface area contributed by atoms with Crippen molar-refractivity contribution in [1.82, 2.24) is 4.98 Å². The summed E-state index contributed by atoms with van der Waals surface area (Å²) in [7, 11) is 0. The van der Waals surface area contributed by atoms with Crippen molar-refractivity contribution in [3.05, 3.63) is 53.9 Å². The molecule has 4 heteroatoms. The van der Waals surface area contributed by atoms with E-state index >= 15 is 0 Å². The first kappa shape index (κ1) is 9.99. The lowest BCUT2D eigenvalue weighted by Gasteiger charge is -2.04. The van der Waals surface area contributed by atoms with Gasteiger partial charge in [-0.15, -0.1) is 0 Å². The Morgan fingerprint density at radius 1 is 1.31 bits per heavy atom. The Kier molecular flexibility index (Phi) is 2.70. The second-order valence-electron chi connectivity index (χ2n) is 3.21. The summed E-state index contributed by atoms with van der Waals surface area (Å²) in [6.07, 6.45) is 3.27. The zero-order chi connectivity index (χ0) is 11.4. The number of aromatic amines is 1. The van der Waals surface area contributed by atoms with Gasteiger partial charge in [0.2, 0.25) is 0 Å². The van der Waals surface area contributed by atoms with Crippen LogP contribution in [0.15, 0.2) is 42.7 Å². The lowest BCUT2D eigenvalue weighted by atomic mass is 10.2. The fourth-order valence-corrected chi connectivity index (χ4v) is 1.35. The van der Waals surface area contributed by atoms with E-state index in [0.717, 1.165) is 0 Å². The molecule has 4 nitrogen and oxygen atoms in total. The fraction of sp³-hybridized carbons (Fsp3) is 0. The number of amides is 1. The topological polar surface area (TPSA) is 68.7 Å². The third kappa shape index (κ3) is 1.93. The number of nitrogens with zero attached hydrogens (tertiary/aromatic N) is 1. The minimum atomic E-state index is -0.232. The molecule has 2 N–H and O–H groups in total. The summed E-state index contributed by atoms with van der Waals surface area (Å²) in [4.78, 5) is 14.5. The number of para-hydroxylation sites is 1. The highest BCUT2D eigenvalue weighted by Crippen LogP contribution is 2.14. The third-order valence-corrected chi connectivity index (χ3v) is 2.16. The molecule has 0 saturated carbocycles. The summed E-state index contributed by atoms with van der Waals surface area (Å²) in [6, 6.07) is 10.6. The van der Waals surface area contributed by atoms with Crippen molar-refractivity contribution in [2.24, 2.45) is 0 Å². The van der Waals surface area contributed by atoms with Crippen LogP contribution in [0.2, 0.25) is 0 Å². The monoisotopic (exact) mass is 211 g/mol. The van der Waals surface area contributed by atoms with Crippen molar-refractivity contribution in [2.45, 2.75) is 0 Å². The number of carbonyl (C=O) groups is 1. The molecule has 0 bridgehead atoms. The molecule has 0 spiro atoms. The standard InChI is InChI=1S/C12H9N3O/c13-7-9-3-1-2-4-11(9)15-12(16)10-5-6-14-8-10/h1-6,8,14H,(H,15,16). The van der Waals surface area contributed by atoms with Crippen LogP contribution in [0.4, 0.5) is 5.69 Å². The van der Waals surface area contributed by atoms with Crippen molar-refractivity contribution >= 4 is 11.6 Å². The maximum absolute atomic E-state index is 11.7. The van der Waals surface area contributed by atoms with E-state index in [1.54, 1.807) is 42.7 Å². The van der Waals surface area contributed by atoms with Gasteiger partial charge in [0.05, 0.1) is 16.8 Å². The molecule has 0 aliphatic carbocycles. The molecule has 2 aromatic rings. The van der Waals surface area contributed by atoms with Gasteiger partial charge in [-0.25, -0.2) is 0 Å². The number of anilines is 1. The average Bonchev–Trinajstić information content (AvgIpc) is 2.83. The van der Waals surface area contributed by atoms with Crippen molar-refractivity contribution < 1.29 is 4.79 Å². The molecule has 2 rings (SSSR count). The molecule has 16 heavy (non-hydrogen) atoms. The van der Waals surface area contributed by atoms with E-state index in [1.807, 2.05) is 6.07 Å². The number of hydrogen-bond acceptors (Lipinski definition) is 2. The maximum Gasteiger partial charge on any atom is 0.257 e. The minimum absolute atomic E-state index is 0.232. The molecule has 0 aliphatic rings. The van der Waals surface area contributed by atoms with Crippen LogP contribution in [0.5, 0.6) is 0 Å². The maximum atomic E-state index is 11.7. The Morgan fingerprint density at radius 2 is 2.12 bits per heavy atom. The normalized spacial score (nSPS) is 9.44. The Hall–Kier alpha value is -2.54. The van der Waals surface area contributed by atoms with E-state index in [9.17, 15) is 4.79 Å². The smallest absolute Gasteiger partial charge is 0.257 e. The molecule has 1 amide bonds. The van der Waals surface area contributed by atoms with E-state index in [4.69, 9.17) is 5.26 Å². The van der Waals surface area contributed by atoms with Crippen LogP contribution in [-0.2, 0) is 0 Å². The summed E-state index contributed by atoms with van der Waals surface area (Å²) >= 11 is 0. The molecule has 78 valence electrons. The van der Waals surface area contributed by atoms with Crippen LogP contribution in [0.25, 0.3) is 0 Å². The van der Waals surface area contributed by atoms with Gasteiger partial charge < -0.3 is 10.3 Å². The zero-order valence-corrected chi connectivity index (χ0v) is 8.40. The van der Waals surface area contributed by atoms with Gasteiger partial charge in [0.15, 0.2) is 0 Å². The first-order valence-corrected chi connectivity index (χ1v) is 4.74. The summed E-state index contributed by atoms with van der Waals surface area (Å²) in [5, 5.41) is 11.5. The van der Waals surface area contributed by atoms with Crippen LogP contribution in [-0.4, -0.2) is 10.9 Å². The highest BCUT2D eigenvalue weighted by Gasteiger charge is 2.08. The van der Waals surface area contributed by atoms with Gasteiger partial charge >= 0.3 is 0 Å². The van der Waals surface area contributed by atoms with Crippen molar-refractivity contribution in [3.8, 4) is 6.07 Å². The van der Waals surface area contributed by atoms with Gasteiger partial charge in [-0.2, -0.15) is 5.26 Å². The molecule has 0 saturated heterocycles. The third-order valence-electron chi connectivity index (χ3n) is 2.16. The fourth-order valence-electron chi connectivity index (χ4n) is 1.35. The molecule has 0 radical (unpaired) electrons. The number of nitrogens with one attached hydrogen (secondary N) is 2. The lowest BCUT2D eigenvalue weighted by Crippen LogP contribution is -2.11. The number of H-pyrrole nitrogens is 1. The summed E-state index contributed by atoms with van der Waals surface area (Å²) < 4.78 is 0. The Bertz CT molecular complexity index is 538. The average molecular weight is 211 g/mol. The van der Waals surface area contributed by atoms with E-state index in [0.29, 0.717) is 16.8 Å². The molecule has 1 aromatic carbocycles. The number of rotatable bonds is 2. The van der Waals surface area contributed by atoms with E-state index in [1.165, 1.54) is 0 Å². The van der Waals surface area contributed by atoms with Crippen molar-refractivity contribution in [2.75, 3.05) is 5.32 Å². The van der Waals surface area contributed by atoms with E-state index in [-0.39, 0.29) is 5.91 Å². The highest BCUT2D eigenvalue weighted by molar-refractivity contribution is 6.04. The lowest BCUT2D eigenvalue weighted by molar-refractivity contribution is 0.102. The van der Waals surface area contributed by atoms with E-state index < -0.39 is 0 Å². The minimum Gasteiger partial charge on any atom is -0.367 e. The van der Waals surface area contributed by atoms with Gasteiger partial charge in [0.25, 0.3) is 5.91 Å². The predicted octanol–water partition coefficient (Wildman–Crippen LogP) is 2.14. The Balaban J connectivity index is 2.22. The number of carbonyl (C=O) groups excluding carboxylic acids is 1. The molecule has 0 fully saturated rings. The van der Waals surface area contributed by atoms with Crippen LogP contribution >= 0.6 is 0 Å². The molecule has 1 aromatic heterocycles. The Labute approximate surface area is 92.5 Å². The van der Waals surface area contributed by atoms with Gasteiger partial charge in [-0.1, -0.05) is 12.1 Å². The second-order valence-corrected chi connectivity index (χ2v) is 3.21. The van der Waals surface area contributed by atoms with Crippen LogP contribution < -0.4 is 5.32 Å². The molecular formula is C12H9N3O. The first-order chi connectivity index (χ1) is 7.81. The predicted molar refractivity (Wildman–Crippen MR) is 59.9 cm³/mol. The number of nitriles is 1. The number of hydrogen-bond donors (Lipinski definition) is 2. The summed E-state index contributed by atoms with van der Waals surface area (Å²) in [5.74, 6) is -0.232. The van der Waals surface area contributed by atoms with Gasteiger partial charge in [0.1, 0.15) is 6.07 Å². The number of aromatic nitrogens is 1. The molecule has 0 atom stereocenters. The summed E-state index contributed by atoms with van der Waals surface area (Å²) in [6.45, 7) is 0. The molecular weight excluding hydrogens is 202 g/mol. The molecule has 0 aliphatic heterocycles. The van der Waals surface area contributed by atoms with Gasteiger partial charge in [-0.3, -0.25) is 4.79 Å². The summed E-state index contributed by atoms with van der Waals surface area (Å²) in [5.41, 5.74) is 1.51. The zero-order valence-electron chi connectivity index (χ0n) is 8.40. The largest absolute Gasteiger partial charge is 0.367 e. The van der Waals surface area contributed by atoms with Gasteiger partial charge in [0, 0.05) is 12.4 Å². The quantitative estimate of drug-likeness (QED) is 0.799. The van der Waals surface area contributed by atoms with Crippen LogP contribution in [0, 0.1) is 11.3 Å². The molecule has 0 unspecified atom stereocenters. The van der Waals surface area contributed by atoms with Crippen molar-refractivity contribution in [3.63, 3.8) is 0 Å². The first-order valence-electron chi connectivity index (χ1n) is 4.74. The number of benzene rings is 1. The highest BCUT2D eigenvalue weighted by atomic mass is 16.1. The van der Waals surface area contributed by atoms with Crippen LogP contribution in [0.3, 0.4) is 0 Å². The SMILES string of the molecule is N#Cc1ccccc1NC(=O)c1cc[nH]c1. The van der Waals surface area contributed by atoms with Crippen LogP contribution in [0.1, 0.15) is 15.9 Å². The van der Waals surface area contributed by atoms with E-state index in [2.05, 4.69) is 10.3 Å². The van der Waals surface area contributed by atoms with Crippen molar-refractivity contribution in [1.29, 1.82) is 5.26 Å². The van der Waals surface area contributed by atoms with Gasteiger partial charge in [-0.05, 0) is 18.2 Å². The second kappa shape index (κ2) is 4.32. The molecule has 1 heterocycles.